The van der Waals surface area contributed by atoms with Gasteiger partial charge < -0.3 is 0 Å². The number of alkyl halides is 3. The van der Waals surface area contributed by atoms with Gasteiger partial charge in [0.25, 0.3) is 0 Å². The lowest BCUT2D eigenvalue weighted by molar-refractivity contribution is -0.137. The molecular formula is C24H27F3N4O2S. The maximum atomic E-state index is 13.2. The van der Waals surface area contributed by atoms with Crippen molar-refractivity contribution in [1.82, 2.24) is 19.7 Å². The molecular weight excluding hydrogens is 465 g/mol. The molecule has 6 nitrogen and oxygen atoms in total. The van der Waals surface area contributed by atoms with Gasteiger partial charge in [0.2, 0.25) is 0 Å². The Labute approximate surface area is 196 Å². The van der Waals surface area contributed by atoms with E-state index in [1.165, 1.54) is 6.20 Å². The van der Waals surface area contributed by atoms with Crippen molar-refractivity contribution in [3.05, 3.63) is 35.8 Å². The normalized spacial score (nSPS) is 36.6. The Bertz CT molecular complexity index is 1300. The van der Waals surface area contributed by atoms with Crippen molar-refractivity contribution in [2.75, 3.05) is 24.6 Å². The standard InChI is InChI=1S/C24H27F3N4O2S/c1-13(2)31-19(7-17(29-31)14-5-15(9-28-8-14)24(25,26)27)23-16-6-18(21(23)20(16)23)30-4-3-22(10-30)11-34(32,33)12-22/h5,7-9,13,16,18,20-21H,3-4,6,10-12H2,1-2H3/t16-,18?,20-,21?,23-/m1/s1. The van der Waals surface area contributed by atoms with E-state index in [9.17, 15) is 21.6 Å². The molecule has 4 aliphatic carbocycles. The molecule has 2 aliphatic heterocycles. The highest BCUT2D eigenvalue weighted by Gasteiger charge is 2.93. The van der Waals surface area contributed by atoms with Crippen LogP contribution in [0.25, 0.3) is 11.3 Å². The second kappa shape index (κ2) is 6.24. The molecule has 2 aromatic rings. The average molecular weight is 493 g/mol. The molecule has 6 aliphatic rings. The van der Waals surface area contributed by atoms with E-state index < -0.39 is 21.6 Å². The number of nitrogens with zero attached hydrogens (tertiary/aromatic N) is 4. The first kappa shape index (κ1) is 21.4. The Morgan fingerprint density at radius 3 is 2.56 bits per heavy atom. The van der Waals surface area contributed by atoms with Crippen molar-refractivity contribution >= 4 is 9.84 Å². The zero-order chi connectivity index (χ0) is 23.8. The number of sulfone groups is 1. The zero-order valence-electron chi connectivity index (χ0n) is 19.1. The number of hydrogen-bond donors (Lipinski definition) is 0. The van der Waals surface area contributed by atoms with Gasteiger partial charge >= 0.3 is 6.18 Å². The van der Waals surface area contributed by atoms with Crippen LogP contribution in [0.3, 0.4) is 0 Å². The highest BCUT2D eigenvalue weighted by molar-refractivity contribution is 7.92. The van der Waals surface area contributed by atoms with Gasteiger partial charge in [-0.15, -0.1) is 0 Å². The van der Waals surface area contributed by atoms with E-state index in [-0.39, 0.29) is 16.9 Å². The van der Waals surface area contributed by atoms with Crippen molar-refractivity contribution < 1.29 is 21.6 Å². The molecule has 0 N–H and O–H groups in total. The second-order valence-corrected chi connectivity index (χ2v) is 13.6. The molecule has 0 amide bonds. The summed E-state index contributed by atoms with van der Waals surface area (Å²) in [4.78, 5) is 6.36. The fraction of sp³-hybridized carbons (Fsp3) is 0.667. The van der Waals surface area contributed by atoms with Crippen LogP contribution in [-0.2, 0) is 21.4 Å². The van der Waals surface area contributed by atoms with E-state index in [0.29, 0.717) is 46.6 Å². The van der Waals surface area contributed by atoms with E-state index in [4.69, 9.17) is 5.10 Å². The predicted molar refractivity (Wildman–Crippen MR) is 119 cm³/mol. The number of halogens is 3. The smallest absolute Gasteiger partial charge is 0.299 e. The quantitative estimate of drug-likeness (QED) is 0.653. The number of hydrogen-bond acceptors (Lipinski definition) is 5. The minimum Gasteiger partial charge on any atom is -0.299 e. The third kappa shape index (κ3) is 2.69. The Morgan fingerprint density at radius 2 is 1.91 bits per heavy atom. The monoisotopic (exact) mass is 492 g/mol. The molecule has 10 heteroatoms. The van der Waals surface area contributed by atoms with Crippen LogP contribution < -0.4 is 0 Å². The molecule has 6 fully saturated rings. The van der Waals surface area contributed by atoms with Crippen LogP contribution in [0, 0.1) is 23.2 Å². The third-order valence-corrected chi connectivity index (χ3v) is 11.4. The van der Waals surface area contributed by atoms with Gasteiger partial charge in [0, 0.05) is 53.1 Å². The SMILES string of the molecule is CC(C)n1nc(-c2cncc(C(F)(F)F)c2)cc1[C@]12C3C(N4CCC5(C4)CS(=O)(=O)C5)C[C@@H]1[C@H]32. The molecule has 2 bridgehead atoms. The number of aromatic nitrogens is 3. The molecule has 2 aromatic heterocycles. The van der Waals surface area contributed by atoms with Gasteiger partial charge in [0.05, 0.1) is 22.8 Å². The van der Waals surface area contributed by atoms with Crippen molar-refractivity contribution in [3.63, 3.8) is 0 Å². The third-order valence-electron chi connectivity index (χ3n) is 9.25. The Hall–Kier alpha value is -1.94. The molecule has 4 heterocycles. The Morgan fingerprint density at radius 1 is 1.15 bits per heavy atom. The van der Waals surface area contributed by atoms with Crippen LogP contribution in [0.2, 0.25) is 0 Å². The second-order valence-electron chi connectivity index (χ2n) is 11.6. The highest BCUT2D eigenvalue weighted by atomic mass is 32.2. The summed E-state index contributed by atoms with van der Waals surface area (Å²) >= 11 is 0. The molecule has 2 unspecified atom stereocenters. The maximum Gasteiger partial charge on any atom is 0.417 e. The summed E-state index contributed by atoms with van der Waals surface area (Å²) in [6, 6.07) is 3.71. The first-order valence-corrected chi connectivity index (χ1v) is 13.8. The topological polar surface area (TPSA) is 68.1 Å². The maximum absolute atomic E-state index is 13.2. The van der Waals surface area contributed by atoms with Gasteiger partial charge in [-0.05, 0) is 63.1 Å². The van der Waals surface area contributed by atoms with Gasteiger partial charge in [0.15, 0.2) is 9.84 Å². The summed E-state index contributed by atoms with van der Waals surface area (Å²) in [5.41, 5.74) is 1.39. The number of pyridine rings is 1. The fourth-order valence-electron chi connectivity index (χ4n) is 7.94. The lowest BCUT2D eigenvalue weighted by atomic mass is 9.91. The largest absolute Gasteiger partial charge is 0.417 e. The summed E-state index contributed by atoms with van der Waals surface area (Å²) in [6.07, 6.45) is -0.0469. The zero-order valence-corrected chi connectivity index (χ0v) is 19.9. The number of fused-ring (bicyclic) bond motifs is 1. The first-order valence-electron chi connectivity index (χ1n) is 12.0. The summed E-state index contributed by atoms with van der Waals surface area (Å²) in [5.74, 6) is 2.44. The number of likely N-dealkylation sites (tertiary alicyclic amines) is 1. The number of rotatable bonds is 4. The highest BCUT2D eigenvalue weighted by Crippen LogP contribution is 2.91. The van der Waals surface area contributed by atoms with Crippen LogP contribution in [0.4, 0.5) is 13.2 Å². The Balaban J connectivity index is 1.17. The van der Waals surface area contributed by atoms with Crippen molar-refractivity contribution in [3.8, 4) is 11.3 Å². The minimum absolute atomic E-state index is 0.0301. The Kier molecular flexibility index (Phi) is 3.92. The molecule has 0 aromatic carbocycles. The average Bonchev–Trinajstić information content (AvgIpc) is 3.23. The van der Waals surface area contributed by atoms with E-state index in [1.807, 2.05) is 10.7 Å². The molecule has 182 valence electrons. The summed E-state index contributed by atoms with van der Waals surface area (Å²) in [7, 11) is -2.84. The van der Waals surface area contributed by atoms with Crippen LogP contribution in [-0.4, -0.2) is 58.7 Å². The first-order chi connectivity index (χ1) is 16.0. The van der Waals surface area contributed by atoms with Gasteiger partial charge in [-0.1, -0.05) is 0 Å². The molecule has 0 radical (unpaired) electrons. The molecule has 4 saturated carbocycles. The lowest BCUT2D eigenvalue weighted by Gasteiger charge is -2.38. The van der Waals surface area contributed by atoms with Crippen LogP contribution >= 0.6 is 0 Å². The molecule has 8 rings (SSSR count). The molecule has 2 saturated heterocycles. The molecule has 34 heavy (non-hydrogen) atoms. The van der Waals surface area contributed by atoms with Crippen molar-refractivity contribution in [2.24, 2.45) is 23.2 Å². The molecule has 1 spiro atoms. The van der Waals surface area contributed by atoms with Gasteiger partial charge in [-0.3, -0.25) is 14.6 Å². The van der Waals surface area contributed by atoms with Crippen molar-refractivity contribution in [1.29, 1.82) is 0 Å². The van der Waals surface area contributed by atoms with Gasteiger partial charge in [0.1, 0.15) is 0 Å². The summed E-state index contributed by atoms with van der Waals surface area (Å²) in [6.45, 7) is 5.97. The van der Waals surface area contributed by atoms with Crippen LogP contribution in [0.1, 0.15) is 44.0 Å². The lowest BCUT2D eigenvalue weighted by Crippen LogP contribution is -2.50. The van der Waals surface area contributed by atoms with Gasteiger partial charge in [-0.25, -0.2) is 8.42 Å². The minimum atomic E-state index is -4.44. The summed E-state index contributed by atoms with van der Waals surface area (Å²) < 4.78 is 65.3. The predicted octanol–water partition coefficient (Wildman–Crippen LogP) is 3.55. The summed E-state index contributed by atoms with van der Waals surface area (Å²) in [5, 5.41) is 4.75. The van der Waals surface area contributed by atoms with Crippen molar-refractivity contribution in [2.45, 2.75) is 50.4 Å². The van der Waals surface area contributed by atoms with E-state index in [0.717, 1.165) is 43.9 Å². The molecule has 5 atom stereocenters. The van der Waals surface area contributed by atoms with Gasteiger partial charge in [-0.2, -0.15) is 18.3 Å². The van der Waals surface area contributed by atoms with E-state index in [1.54, 1.807) is 0 Å². The fourth-order valence-corrected chi connectivity index (χ4v) is 10.2. The van der Waals surface area contributed by atoms with E-state index in [2.05, 4.69) is 23.7 Å². The van der Waals surface area contributed by atoms with Crippen LogP contribution in [0.15, 0.2) is 24.5 Å². The van der Waals surface area contributed by atoms with E-state index >= 15 is 0 Å². The van der Waals surface area contributed by atoms with Crippen LogP contribution in [0.5, 0.6) is 0 Å².